The normalized spacial score (nSPS) is 13.4. The first-order valence-corrected chi connectivity index (χ1v) is 3.11. The highest BCUT2D eigenvalue weighted by molar-refractivity contribution is 5.20. The number of hydrogen-bond donors (Lipinski definition) is 2. The van der Waals surface area contributed by atoms with Gasteiger partial charge in [0, 0.05) is 6.54 Å². The van der Waals surface area contributed by atoms with E-state index < -0.39 is 0 Å². The lowest BCUT2D eigenvalue weighted by Crippen LogP contribution is -2.16. The fourth-order valence-corrected chi connectivity index (χ4v) is 0.614. The molecule has 1 aromatic heterocycles. The second-order valence-corrected chi connectivity index (χ2v) is 2.21. The zero-order valence-corrected chi connectivity index (χ0v) is 5.86. The van der Waals surface area contributed by atoms with Crippen molar-refractivity contribution in [3.05, 3.63) is 6.20 Å². The number of aromatic nitrogens is 3. The molecule has 1 rings (SSSR count). The average molecular weight is 141 g/mol. The zero-order valence-electron chi connectivity index (χ0n) is 5.86. The summed E-state index contributed by atoms with van der Waals surface area (Å²) in [6, 6.07) is 0.171. The molecule has 1 heterocycles. The fourth-order valence-electron chi connectivity index (χ4n) is 0.614. The molecule has 5 heteroatoms. The molecule has 0 aliphatic carbocycles. The molecule has 1 unspecified atom stereocenters. The van der Waals surface area contributed by atoms with Crippen molar-refractivity contribution in [2.75, 3.05) is 12.3 Å². The van der Waals surface area contributed by atoms with Crippen LogP contribution in [0.25, 0.3) is 0 Å². The molecule has 0 aliphatic heterocycles. The molecule has 0 saturated carbocycles. The third-order valence-corrected chi connectivity index (χ3v) is 1.32. The molecule has 56 valence electrons. The van der Waals surface area contributed by atoms with E-state index in [1.807, 2.05) is 6.92 Å². The highest BCUT2D eigenvalue weighted by atomic mass is 15.4. The van der Waals surface area contributed by atoms with Gasteiger partial charge in [-0.2, -0.15) is 0 Å². The molecular weight excluding hydrogens is 130 g/mol. The Bertz CT molecular complexity index is 206. The zero-order chi connectivity index (χ0) is 7.56. The van der Waals surface area contributed by atoms with E-state index >= 15 is 0 Å². The van der Waals surface area contributed by atoms with E-state index in [-0.39, 0.29) is 6.04 Å². The summed E-state index contributed by atoms with van der Waals surface area (Å²) in [5.74, 6) is 0.431. The lowest BCUT2D eigenvalue weighted by Gasteiger charge is -2.05. The van der Waals surface area contributed by atoms with Gasteiger partial charge in [0.05, 0.1) is 12.2 Å². The fraction of sp³-hybridized carbons (Fsp3) is 0.600. The second-order valence-electron chi connectivity index (χ2n) is 2.21. The standard InChI is InChI=1S/C5H11N5/c1-4(2-6)10-3-5(7)8-9-10/h3-4H,2,6-7H2,1H3. The van der Waals surface area contributed by atoms with Crippen LogP contribution in [0, 0.1) is 0 Å². The maximum atomic E-state index is 5.38. The van der Waals surface area contributed by atoms with Crippen LogP contribution in [0.4, 0.5) is 5.82 Å². The molecule has 0 bridgehead atoms. The smallest absolute Gasteiger partial charge is 0.165 e. The van der Waals surface area contributed by atoms with Crippen molar-refractivity contribution in [2.45, 2.75) is 13.0 Å². The molecule has 4 N–H and O–H groups in total. The van der Waals surface area contributed by atoms with Gasteiger partial charge in [-0.05, 0) is 6.92 Å². The summed E-state index contributed by atoms with van der Waals surface area (Å²) in [6.07, 6.45) is 1.66. The first kappa shape index (κ1) is 7.01. The Morgan fingerprint density at radius 2 is 2.50 bits per heavy atom. The van der Waals surface area contributed by atoms with Crippen LogP contribution in [-0.2, 0) is 0 Å². The predicted octanol–water partition coefficient (Wildman–Crippen LogP) is -0.620. The number of nitrogen functional groups attached to an aromatic ring is 1. The van der Waals surface area contributed by atoms with Crippen LogP contribution in [0.3, 0.4) is 0 Å². The summed E-state index contributed by atoms with van der Waals surface area (Å²) in [4.78, 5) is 0. The lowest BCUT2D eigenvalue weighted by molar-refractivity contribution is 0.485. The van der Waals surface area contributed by atoms with Gasteiger partial charge < -0.3 is 11.5 Å². The monoisotopic (exact) mass is 141 g/mol. The van der Waals surface area contributed by atoms with Gasteiger partial charge in [0.1, 0.15) is 0 Å². The first-order valence-electron chi connectivity index (χ1n) is 3.11. The topological polar surface area (TPSA) is 82.8 Å². The SMILES string of the molecule is CC(CN)n1cc(N)nn1. The molecule has 0 fully saturated rings. The Kier molecular flexibility index (Phi) is 1.86. The van der Waals surface area contributed by atoms with Crippen molar-refractivity contribution < 1.29 is 0 Å². The van der Waals surface area contributed by atoms with E-state index in [2.05, 4.69) is 10.3 Å². The van der Waals surface area contributed by atoms with Crippen LogP contribution in [0.15, 0.2) is 6.20 Å². The van der Waals surface area contributed by atoms with Crippen molar-refractivity contribution in [3.63, 3.8) is 0 Å². The molecule has 0 aliphatic rings. The highest BCUT2D eigenvalue weighted by Crippen LogP contribution is 2.01. The van der Waals surface area contributed by atoms with Crippen molar-refractivity contribution in [3.8, 4) is 0 Å². The highest BCUT2D eigenvalue weighted by Gasteiger charge is 2.02. The van der Waals surface area contributed by atoms with Gasteiger partial charge in [0.2, 0.25) is 0 Å². The minimum absolute atomic E-state index is 0.171. The Hall–Kier alpha value is -1.10. The van der Waals surface area contributed by atoms with Crippen LogP contribution in [0.1, 0.15) is 13.0 Å². The van der Waals surface area contributed by atoms with Gasteiger partial charge in [-0.1, -0.05) is 5.21 Å². The van der Waals surface area contributed by atoms with E-state index in [1.165, 1.54) is 0 Å². The Labute approximate surface area is 59.0 Å². The lowest BCUT2D eigenvalue weighted by atomic mass is 10.3. The third-order valence-electron chi connectivity index (χ3n) is 1.32. The number of nitrogens with two attached hydrogens (primary N) is 2. The molecule has 10 heavy (non-hydrogen) atoms. The van der Waals surface area contributed by atoms with Crippen LogP contribution < -0.4 is 11.5 Å². The molecule has 1 atom stereocenters. The van der Waals surface area contributed by atoms with Crippen molar-refractivity contribution in [1.29, 1.82) is 0 Å². The summed E-state index contributed by atoms with van der Waals surface area (Å²) in [6.45, 7) is 2.50. The molecule has 0 radical (unpaired) electrons. The van der Waals surface area contributed by atoms with Crippen LogP contribution in [-0.4, -0.2) is 21.5 Å². The van der Waals surface area contributed by atoms with Gasteiger partial charge in [0.15, 0.2) is 5.82 Å². The molecule has 0 saturated heterocycles. The van der Waals surface area contributed by atoms with E-state index in [9.17, 15) is 0 Å². The molecular formula is C5H11N5. The number of rotatable bonds is 2. The van der Waals surface area contributed by atoms with Crippen LogP contribution in [0.5, 0.6) is 0 Å². The van der Waals surface area contributed by atoms with E-state index in [0.29, 0.717) is 12.4 Å². The second kappa shape index (κ2) is 2.66. The summed E-state index contributed by atoms with van der Waals surface area (Å²) < 4.78 is 1.65. The molecule has 0 spiro atoms. The van der Waals surface area contributed by atoms with Gasteiger partial charge >= 0.3 is 0 Å². The van der Waals surface area contributed by atoms with Gasteiger partial charge in [-0.25, -0.2) is 4.68 Å². The average Bonchev–Trinajstić information content (AvgIpc) is 2.34. The summed E-state index contributed by atoms with van der Waals surface area (Å²) in [5, 5.41) is 7.37. The minimum atomic E-state index is 0.171. The van der Waals surface area contributed by atoms with Crippen molar-refractivity contribution >= 4 is 5.82 Å². The molecule has 1 aromatic rings. The van der Waals surface area contributed by atoms with Crippen LogP contribution in [0.2, 0.25) is 0 Å². The van der Waals surface area contributed by atoms with E-state index in [1.54, 1.807) is 10.9 Å². The van der Waals surface area contributed by atoms with E-state index in [4.69, 9.17) is 11.5 Å². The number of anilines is 1. The Morgan fingerprint density at radius 3 is 2.90 bits per heavy atom. The van der Waals surface area contributed by atoms with Gasteiger partial charge in [0.25, 0.3) is 0 Å². The Balaban J connectivity index is 2.74. The Morgan fingerprint density at radius 1 is 1.80 bits per heavy atom. The predicted molar refractivity (Wildman–Crippen MR) is 38.2 cm³/mol. The van der Waals surface area contributed by atoms with Crippen molar-refractivity contribution in [2.24, 2.45) is 5.73 Å². The third kappa shape index (κ3) is 1.24. The molecule has 0 amide bonds. The summed E-state index contributed by atoms with van der Waals surface area (Å²) in [7, 11) is 0. The molecule has 5 nitrogen and oxygen atoms in total. The maximum Gasteiger partial charge on any atom is 0.165 e. The van der Waals surface area contributed by atoms with Gasteiger partial charge in [-0.15, -0.1) is 5.10 Å². The maximum absolute atomic E-state index is 5.38. The quantitative estimate of drug-likeness (QED) is 0.575. The minimum Gasteiger partial charge on any atom is -0.381 e. The molecule has 0 aromatic carbocycles. The summed E-state index contributed by atoms with van der Waals surface area (Å²) >= 11 is 0. The first-order chi connectivity index (χ1) is 4.74. The van der Waals surface area contributed by atoms with Crippen molar-refractivity contribution in [1.82, 2.24) is 15.0 Å². The largest absolute Gasteiger partial charge is 0.381 e. The van der Waals surface area contributed by atoms with Gasteiger partial charge in [-0.3, -0.25) is 0 Å². The van der Waals surface area contributed by atoms with Crippen LogP contribution >= 0.6 is 0 Å². The van der Waals surface area contributed by atoms with E-state index in [0.717, 1.165) is 0 Å². The number of nitrogens with zero attached hydrogens (tertiary/aromatic N) is 3. The number of hydrogen-bond acceptors (Lipinski definition) is 4. The summed E-state index contributed by atoms with van der Waals surface area (Å²) in [5.41, 5.74) is 10.7.